The van der Waals surface area contributed by atoms with Gasteiger partial charge in [0.1, 0.15) is 5.82 Å². The number of hydrogen-bond acceptors (Lipinski definition) is 5. The summed E-state index contributed by atoms with van der Waals surface area (Å²) < 4.78 is 13.6. The van der Waals surface area contributed by atoms with Gasteiger partial charge < -0.3 is 10.6 Å². The lowest BCUT2D eigenvalue weighted by Crippen LogP contribution is -2.09. The van der Waals surface area contributed by atoms with E-state index in [4.69, 9.17) is 11.6 Å². The molecule has 122 valence electrons. The molecule has 0 unspecified atom stereocenters. The number of rotatable bonds is 6. The Morgan fingerprint density at radius 2 is 1.62 bits per heavy atom. The van der Waals surface area contributed by atoms with E-state index in [1.165, 1.54) is 12.3 Å². The highest BCUT2D eigenvalue weighted by molar-refractivity contribution is 6.31. The Bertz CT molecular complexity index is 763. The van der Waals surface area contributed by atoms with Crippen LogP contribution in [0, 0.1) is 5.82 Å². The van der Waals surface area contributed by atoms with Crippen LogP contribution in [0.15, 0.2) is 54.7 Å². The lowest BCUT2D eigenvalue weighted by Gasteiger charge is -2.09. The molecule has 24 heavy (non-hydrogen) atoms. The van der Waals surface area contributed by atoms with E-state index in [1.54, 1.807) is 18.2 Å². The van der Waals surface area contributed by atoms with Gasteiger partial charge >= 0.3 is 0 Å². The van der Waals surface area contributed by atoms with E-state index in [0.717, 1.165) is 5.56 Å². The second kappa shape index (κ2) is 7.70. The Labute approximate surface area is 143 Å². The largest absolute Gasteiger partial charge is 0.364 e. The second-order valence-electron chi connectivity index (χ2n) is 5.06. The molecule has 0 bridgehead atoms. The van der Waals surface area contributed by atoms with Crippen molar-refractivity contribution in [2.45, 2.75) is 13.1 Å². The van der Waals surface area contributed by atoms with E-state index in [9.17, 15) is 4.39 Å². The van der Waals surface area contributed by atoms with Crippen molar-refractivity contribution in [3.05, 3.63) is 76.7 Å². The molecule has 7 heteroatoms. The summed E-state index contributed by atoms with van der Waals surface area (Å²) in [5.41, 5.74) is 1.49. The zero-order chi connectivity index (χ0) is 16.8. The third-order valence-corrected chi connectivity index (χ3v) is 3.74. The standard InChI is InChI=1S/C17H15ClFN5/c18-14-7-3-1-5-12(14)9-20-16-11-22-24-17(23-16)21-10-13-6-2-4-8-15(13)19/h1-8,11H,9-10H2,(H2,20,21,23,24). The van der Waals surface area contributed by atoms with Crippen LogP contribution in [0.4, 0.5) is 16.2 Å². The highest BCUT2D eigenvalue weighted by Gasteiger charge is 2.04. The lowest BCUT2D eigenvalue weighted by atomic mass is 10.2. The molecule has 0 aliphatic carbocycles. The van der Waals surface area contributed by atoms with Crippen LogP contribution in [-0.4, -0.2) is 15.2 Å². The molecular formula is C17H15ClFN5. The summed E-state index contributed by atoms with van der Waals surface area (Å²) >= 11 is 6.12. The van der Waals surface area contributed by atoms with Crippen molar-refractivity contribution in [1.29, 1.82) is 0 Å². The minimum atomic E-state index is -0.272. The maximum absolute atomic E-state index is 13.6. The highest BCUT2D eigenvalue weighted by atomic mass is 35.5. The maximum atomic E-state index is 13.6. The fourth-order valence-electron chi connectivity index (χ4n) is 2.11. The molecule has 2 aromatic carbocycles. The summed E-state index contributed by atoms with van der Waals surface area (Å²) in [7, 11) is 0. The van der Waals surface area contributed by atoms with Crippen LogP contribution in [0.3, 0.4) is 0 Å². The van der Waals surface area contributed by atoms with Crippen molar-refractivity contribution in [2.75, 3.05) is 10.6 Å². The Morgan fingerprint density at radius 3 is 2.42 bits per heavy atom. The third-order valence-electron chi connectivity index (χ3n) is 3.37. The van der Waals surface area contributed by atoms with Gasteiger partial charge in [0.25, 0.3) is 0 Å². The normalized spacial score (nSPS) is 10.4. The van der Waals surface area contributed by atoms with Crippen LogP contribution < -0.4 is 10.6 Å². The summed E-state index contributed by atoms with van der Waals surface area (Å²) in [6, 6.07) is 14.1. The topological polar surface area (TPSA) is 62.7 Å². The molecule has 0 saturated heterocycles. The Morgan fingerprint density at radius 1 is 0.917 bits per heavy atom. The number of benzene rings is 2. The van der Waals surface area contributed by atoms with Gasteiger partial charge in [-0.2, -0.15) is 10.1 Å². The monoisotopic (exact) mass is 343 g/mol. The van der Waals surface area contributed by atoms with Crippen LogP contribution in [0.2, 0.25) is 5.02 Å². The Kier molecular flexibility index (Phi) is 5.18. The molecule has 3 rings (SSSR count). The number of hydrogen-bond donors (Lipinski definition) is 2. The fourth-order valence-corrected chi connectivity index (χ4v) is 2.31. The number of nitrogens with zero attached hydrogens (tertiary/aromatic N) is 3. The zero-order valence-electron chi connectivity index (χ0n) is 12.7. The van der Waals surface area contributed by atoms with Crippen LogP contribution in [0.1, 0.15) is 11.1 Å². The molecular weight excluding hydrogens is 329 g/mol. The van der Waals surface area contributed by atoms with E-state index in [2.05, 4.69) is 25.8 Å². The molecule has 0 aliphatic rings. The number of halogens is 2. The van der Waals surface area contributed by atoms with E-state index in [0.29, 0.717) is 28.9 Å². The Hall–Kier alpha value is -2.73. The van der Waals surface area contributed by atoms with Crippen molar-refractivity contribution in [2.24, 2.45) is 0 Å². The first kappa shape index (κ1) is 16.1. The van der Waals surface area contributed by atoms with Gasteiger partial charge in [-0.05, 0) is 17.7 Å². The van der Waals surface area contributed by atoms with Gasteiger partial charge in [-0.15, -0.1) is 5.10 Å². The molecule has 0 saturated carbocycles. The van der Waals surface area contributed by atoms with E-state index < -0.39 is 0 Å². The molecule has 2 N–H and O–H groups in total. The van der Waals surface area contributed by atoms with Gasteiger partial charge in [0.2, 0.25) is 5.95 Å². The van der Waals surface area contributed by atoms with Crippen LogP contribution in [-0.2, 0) is 13.1 Å². The van der Waals surface area contributed by atoms with E-state index >= 15 is 0 Å². The molecule has 0 spiro atoms. The molecule has 1 aromatic heterocycles. The second-order valence-corrected chi connectivity index (χ2v) is 5.46. The van der Waals surface area contributed by atoms with Gasteiger partial charge in [-0.1, -0.05) is 48.0 Å². The molecule has 0 radical (unpaired) electrons. The maximum Gasteiger partial charge on any atom is 0.244 e. The summed E-state index contributed by atoms with van der Waals surface area (Å²) in [5, 5.41) is 14.6. The first-order valence-corrected chi connectivity index (χ1v) is 7.74. The van der Waals surface area contributed by atoms with Gasteiger partial charge in [-0.25, -0.2) is 4.39 Å². The summed E-state index contributed by atoms with van der Waals surface area (Å²) in [5.74, 6) is 0.606. The molecule has 5 nitrogen and oxygen atoms in total. The smallest absolute Gasteiger partial charge is 0.244 e. The van der Waals surface area contributed by atoms with Gasteiger partial charge in [0.05, 0.1) is 6.20 Å². The van der Waals surface area contributed by atoms with Crippen molar-refractivity contribution < 1.29 is 4.39 Å². The van der Waals surface area contributed by atoms with Crippen LogP contribution in [0.25, 0.3) is 0 Å². The number of nitrogens with one attached hydrogen (secondary N) is 2. The average Bonchev–Trinajstić information content (AvgIpc) is 2.61. The predicted octanol–water partition coefficient (Wildman–Crippen LogP) is 3.89. The van der Waals surface area contributed by atoms with Crippen molar-refractivity contribution in [1.82, 2.24) is 15.2 Å². The molecule has 0 fully saturated rings. The van der Waals surface area contributed by atoms with Crippen molar-refractivity contribution in [3.8, 4) is 0 Å². The summed E-state index contributed by atoms with van der Waals surface area (Å²) in [6.07, 6.45) is 1.52. The summed E-state index contributed by atoms with van der Waals surface area (Å²) in [6.45, 7) is 0.799. The average molecular weight is 344 g/mol. The molecule has 0 amide bonds. The minimum Gasteiger partial charge on any atom is -0.364 e. The predicted molar refractivity (Wildman–Crippen MR) is 92.3 cm³/mol. The molecule has 0 atom stereocenters. The van der Waals surface area contributed by atoms with Gasteiger partial charge in [0.15, 0.2) is 5.82 Å². The fraction of sp³-hybridized carbons (Fsp3) is 0.118. The quantitative estimate of drug-likeness (QED) is 0.711. The first-order valence-electron chi connectivity index (χ1n) is 7.36. The van der Waals surface area contributed by atoms with Crippen LogP contribution >= 0.6 is 11.6 Å². The minimum absolute atomic E-state index is 0.272. The molecule has 3 aromatic rings. The van der Waals surface area contributed by atoms with E-state index in [-0.39, 0.29) is 12.4 Å². The number of aromatic nitrogens is 3. The first-order chi connectivity index (χ1) is 11.7. The zero-order valence-corrected chi connectivity index (χ0v) is 13.5. The lowest BCUT2D eigenvalue weighted by molar-refractivity contribution is 0.612. The van der Waals surface area contributed by atoms with E-state index in [1.807, 2.05) is 24.3 Å². The van der Waals surface area contributed by atoms with Gasteiger partial charge in [0, 0.05) is 23.7 Å². The third kappa shape index (κ3) is 4.17. The van der Waals surface area contributed by atoms with Crippen molar-refractivity contribution >= 4 is 23.4 Å². The van der Waals surface area contributed by atoms with Crippen molar-refractivity contribution in [3.63, 3.8) is 0 Å². The number of anilines is 2. The van der Waals surface area contributed by atoms with Gasteiger partial charge in [-0.3, -0.25) is 0 Å². The van der Waals surface area contributed by atoms with Crippen LogP contribution in [0.5, 0.6) is 0 Å². The Balaban J connectivity index is 1.62. The summed E-state index contributed by atoms with van der Waals surface area (Å²) in [4.78, 5) is 4.30. The molecule has 1 heterocycles. The highest BCUT2D eigenvalue weighted by Crippen LogP contribution is 2.16. The molecule has 0 aliphatic heterocycles. The SMILES string of the molecule is Fc1ccccc1CNc1nncc(NCc2ccccc2Cl)n1.